The summed E-state index contributed by atoms with van der Waals surface area (Å²) in [5.41, 5.74) is -0.0437. The summed E-state index contributed by atoms with van der Waals surface area (Å²) in [5.74, 6) is -2.42. The number of esters is 1. The van der Waals surface area contributed by atoms with Crippen LogP contribution in [0.2, 0.25) is 0 Å². The molecule has 1 aliphatic rings. The molecule has 1 N–H and O–H groups in total. The fourth-order valence-corrected chi connectivity index (χ4v) is 3.17. The molecule has 2 aromatic rings. The number of hydrogen-bond donors (Lipinski definition) is 1. The Hall–Kier alpha value is -3.91. The van der Waals surface area contributed by atoms with Gasteiger partial charge in [0, 0.05) is 24.8 Å². The van der Waals surface area contributed by atoms with Crippen molar-refractivity contribution >= 4 is 34.8 Å². The third-order valence-corrected chi connectivity index (χ3v) is 4.72. The first-order valence-corrected chi connectivity index (χ1v) is 9.66. The third-order valence-electron chi connectivity index (χ3n) is 4.72. The molecule has 0 aliphatic carbocycles. The monoisotopic (exact) mass is 461 g/mol. The number of halogens is 3. The number of rotatable bonds is 5. The Labute approximate surface area is 186 Å². The maximum absolute atomic E-state index is 13.0. The molecule has 0 spiro atoms. The van der Waals surface area contributed by atoms with Gasteiger partial charge in [0.05, 0.1) is 18.7 Å². The molecule has 2 amide bonds. The molecule has 172 valence electrons. The van der Waals surface area contributed by atoms with Crippen LogP contribution in [-0.4, -0.2) is 43.1 Å². The summed E-state index contributed by atoms with van der Waals surface area (Å²) >= 11 is 0. The van der Waals surface area contributed by atoms with Crippen LogP contribution in [0.4, 0.5) is 30.2 Å². The van der Waals surface area contributed by atoms with Gasteiger partial charge < -0.3 is 19.7 Å². The van der Waals surface area contributed by atoms with Gasteiger partial charge in [-0.15, -0.1) is 0 Å². The molecule has 33 heavy (non-hydrogen) atoms. The summed E-state index contributed by atoms with van der Waals surface area (Å²) in [6, 6.07) is 9.84. The molecule has 0 bridgehead atoms. The largest absolute Gasteiger partial charge is 0.449 e. The lowest BCUT2D eigenvalue weighted by Gasteiger charge is -2.35. The van der Waals surface area contributed by atoms with Crippen LogP contribution in [0.1, 0.15) is 12.5 Å². The summed E-state index contributed by atoms with van der Waals surface area (Å²) in [7, 11) is 0. The van der Waals surface area contributed by atoms with Crippen LogP contribution in [0.5, 0.6) is 0 Å². The Morgan fingerprint density at radius 2 is 1.82 bits per heavy atom. The molecule has 3 rings (SSSR count). The Balaban J connectivity index is 1.81. The summed E-state index contributed by atoms with van der Waals surface area (Å²) < 4.78 is 49.0. The normalized spacial score (nSPS) is 17.1. The molecule has 0 saturated carbocycles. The van der Waals surface area contributed by atoms with Crippen molar-refractivity contribution in [2.75, 3.05) is 23.4 Å². The maximum Gasteiger partial charge on any atom is 0.416 e. The van der Waals surface area contributed by atoms with Crippen molar-refractivity contribution in [2.45, 2.75) is 25.3 Å². The van der Waals surface area contributed by atoms with Crippen molar-refractivity contribution in [3.05, 3.63) is 65.5 Å². The van der Waals surface area contributed by atoms with Crippen molar-refractivity contribution in [1.29, 1.82) is 0 Å². The first-order chi connectivity index (χ1) is 15.6. The SMILES string of the molecule is [C-]#[N+]c1ccc(NC(=O)[C@H](OC(C)=O)[C@H]2OCCN(c3ccc(C(F)(F)F)cc3)C2=O)cc1. The van der Waals surface area contributed by atoms with Crippen molar-refractivity contribution in [1.82, 2.24) is 0 Å². The third kappa shape index (κ3) is 5.67. The lowest BCUT2D eigenvalue weighted by molar-refractivity contribution is -0.167. The van der Waals surface area contributed by atoms with Gasteiger partial charge in [-0.05, 0) is 36.4 Å². The van der Waals surface area contributed by atoms with Gasteiger partial charge in [-0.25, -0.2) is 4.85 Å². The fraction of sp³-hybridized carbons (Fsp3) is 0.273. The number of hydrogen-bond acceptors (Lipinski definition) is 5. The number of nitrogens with zero attached hydrogens (tertiary/aromatic N) is 2. The number of benzene rings is 2. The number of morpholine rings is 1. The van der Waals surface area contributed by atoms with E-state index in [1.165, 1.54) is 29.2 Å². The van der Waals surface area contributed by atoms with E-state index in [0.717, 1.165) is 31.2 Å². The Bertz CT molecular complexity index is 1080. The zero-order chi connectivity index (χ0) is 24.2. The zero-order valence-electron chi connectivity index (χ0n) is 17.3. The average molecular weight is 461 g/mol. The summed E-state index contributed by atoms with van der Waals surface area (Å²) in [5, 5.41) is 2.50. The van der Waals surface area contributed by atoms with Crippen LogP contribution in [0.25, 0.3) is 4.85 Å². The highest BCUT2D eigenvalue weighted by molar-refractivity contribution is 6.04. The number of amides is 2. The van der Waals surface area contributed by atoms with Crippen molar-refractivity contribution in [2.24, 2.45) is 0 Å². The van der Waals surface area contributed by atoms with E-state index in [4.69, 9.17) is 16.0 Å². The topological polar surface area (TPSA) is 89.3 Å². The van der Waals surface area contributed by atoms with Gasteiger partial charge in [0.2, 0.25) is 6.10 Å². The summed E-state index contributed by atoms with van der Waals surface area (Å²) in [4.78, 5) is 41.9. The number of nitrogens with one attached hydrogen (secondary N) is 1. The van der Waals surface area contributed by atoms with Crippen molar-refractivity contribution in [3.8, 4) is 0 Å². The smallest absolute Gasteiger partial charge is 0.416 e. The first-order valence-electron chi connectivity index (χ1n) is 9.66. The molecule has 0 unspecified atom stereocenters. The van der Waals surface area contributed by atoms with Gasteiger partial charge in [0.1, 0.15) is 0 Å². The average Bonchev–Trinajstić information content (AvgIpc) is 2.78. The lowest BCUT2D eigenvalue weighted by Crippen LogP contribution is -2.56. The van der Waals surface area contributed by atoms with Gasteiger partial charge in [0.25, 0.3) is 11.8 Å². The molecule has 0 radical (unpaired) electrons. The second-order valence-corrected chi connectivity index (χ2v) is 7.00. The van der Waals surface area contributed by atoms with Crippen LogP contribution < -0.4 is 10.2 Å². The minimum Gasteiger partial charge on any atom is -0.449 e. The van der Waals surface area contributed by atoms with E-state index in [1.807, 2.05) is 0 Å². The fourth-order valence-electron chi connectivity index (χ4n) is 3.17. The second-order valence-electron chi connectivity index (χ2n) is 7.00. The maximum atomic E-state index is 13.0. The first kappa shape index (κ1) is 23.7. The molecule has 8 nitrogen and oxygen atoms in total. The number of anilines is 2. The molecule has 1 aliphatic heterocycles. The summed E-state index contributed by atoms with van der Waals surface area (Å²) in [6.45, 7) is 8.01. The minimum atomic E-state index is -4.53. The van der Waals surface area contributed by atoms with Gasteiger partial charge in [-0.2, -0.15) is 13.2 Å². The van der Waals surface area contributed by atoms with Gasteiger partial charge in [0.15, 0.2) is 11.8 Å². The Morgan fingerprint density at radius 3 is 2.36 bits per heavy atom. The highest BCUT2D eigenvalue weighted by Crippen LogP contribution is 2.31. The summed E-state index contributed by atoms with van der Waals surface area (Å²) in [6.07, 6.45) is -7.68. The standard InChI is InChI=1S/C22H18F3N3O5/c1-13(29)33-18(20(30)27-16-7-5-15(26-2)6-8-16)19-21(31)28(11-12-32-19)17-9-3-14(4-10-17)22(23,24)25/h3-10,18-19H,11-12H2,1H3,(H,27,30)/t18-,19-/m1/s1. The number of carbonyl (C=O) groups excluding carboxylic acids is 3. The van der Waals surface area contributed by atoms with E-state index < -0.39 is 41.7 Å². The number of alkyl halides is 3. The Kier molecular flexibility index (Phi) is 6.98. The Morgan fingerprint density at radius 1 is 1.18 bits per heavy atom. The van der Waals surface area contributed by atoms with E-state index in [2.05, 4.69) is 10.2 Å². The quantitative estimate of drug-likeness (QED) is 0.543. The van der Waals surface area contributed by atoms with Crippen LogP contribution >= 0.6 is 0 Å². The van der Waals surface area contributed by atoms with E-state index >= 15 is 0 Å². The molecule has 1 saturated heterocycles. The lowest BCUT2D eigenvalue weighted by atomic mass is 10.1. The second kappa shape index (κ2) is 9.70. The van der Waals surface area contributed by atoms with Gasteiger partial charge in [-0.1, -0.05) is 12.1 Å². The molecule has 1 fully saturated rings. The van der Waals surface area contributed by atoms with E-state index in [-0.39, 0.29) is 18.8 Å². The zero-order valence-corrected chi connectivity index (χ0v) is 17.3. The molecular formula is C22H18F3N3O5. The van der Waals surface area contributed by atoms with Crippen molar-refractivity contribution < 1.29 is 37.0 Å². The molecule has 2 aromatic carbocycles. The van der Waals surface area contributed by atoms with E-state index in [9.17, 15) is 27.6 Å². The molecule has 11 heteroatoms. The molecular weight excluding hydrogens is 443 g/mol. The van der Waals surface area contributed by atoms with Gasteiger partial charge >= 0.3 is 12.1 Å². The number of ether oxygens (including phenoxy) is 2. The van der Waals surface area contributed by atoms with E-state index in [1.54, 1.807) is 0 Å². The van der Waals surface area contributed by atoms with Crippen LogP contribution in [0.15, 0.2) is 48.5 Å². The van der Waals surface area contributed by atoms with Crippen LogP contribution in [-0.2, 0) is 30.0 Å². The number of carbonyl (C=O) groups is 3. The molecule has 1 heterocycles. The van der Waals surface area contributed by atoms with E-state index in [0.29, 0.717) is 11.4 Å². The highest BCUT2D eigenvalue weighted by Gasteiger charge is 2.42. The molecule has 2 atom stereocenters. The van der Waals surface area contributed by atoms with Gasteiger partial charge in [-0.3, -0.25) is 14.4 Å². The van der Waals surface area contributed by atoms with Crippen LogP contribution in [0, 0.1) is 6.57 Å². The predicted molar refractivity (Wildman–Crippen MR) is 110 cm³/mol. The minimum absolute atomic E-state index is 0.0349. The predicted octanol–water partition coefficient (Wildman–Crippen LogP) is 3.56. The molecule has 0 aromatic heterocycles. The van der Waals surface area contributed by atoms with Crippen molar-refractivity contribution in [3.63, 3.8) is 0 Å². The highest BCUT2D eigenvalue weighted by atomic mass is 19.4. The van der Waals surface area contributed by atoms with Crippen LogP contribution in [0.3, 0.4) is 0 Å².